The number of esters is 1. The van der Waals surface area contributed by atoms with Crippen molar-refractivity contribution in [3.05, 3.63) is 0 Å². The number of ether oxygens (including phenoxy) is 1. The number of nitrogens with zero attached hydrogens (tertiary/aromatic N) is 1. The lowest BCUT2D eigenvalue weighted by molar-refractivity contribution is -0.148. The summed E-state index contributed by atoms with van der Waals surface area (Å²) in [4.78, 5) is 14.6. The van der Waals surface area contributed by atoms with E-state index in [0.717, 1.165) is 25.8 Å². The van der Waals surface area contributed by atoms with Gasteiger partial charge < -0.3 is 9.64 Å². The van der Waals surface area contributed by atoms with E-state index < -0.39 is 5.54 Å². The number of carbonyl (C=O) groups is 1. The highest BCUT2D eigenvalue weighted by Gasteiger charge is 2.38. The topological polar surface area (TPSA) is 41.6 Å². The van der Waals surface area contributed by atoms with Gasteiger partial charge in [0.15, 0.2) is 0 Å². The van der Waals surface area contributed by atoms with Crippen molar-refractivity contribution in [1.82, 2.24) is 10.2 Å². The maximum absolute atomic E-state index is 12.0. The largest absolute Gasteiger partial charge is 0.468 e. The van der Waals surface area contributed by atoms with Crippen molar-refractivity contribution >= 4 is 5.97 Å². The van der Waals surface area contributed by atoms with Gasteiger partial charge in [-0.05, 0) is 71.5 Å². The van der Waals surface area contributed by atoms with Crippen molar-refractivity contribution in [2.75, 3.05) is 26.7 Å². The Hall–Kier alpha value is -0.610. The van der Waals surface area contributed by atoms with Crippen LogP contribution < -0.4 is 5.32 Å². The van der Waals surface area contributed by atoms with Crippen LogP contribution in [0.25, 0.3) is 0 Å². The van der Waals surface area contributed by atoms with E-state index in [4.69, 9.17) is 4.74 Å². The highest BCUT2D eigenvalue weighted by atomic mass is 16.5. The third kappa shape index (κ3) is 6.79. The highest BCUT2D eigenvalue weighted by Crippen LogP contribution is 2.26. The second kappa shape index (κ2) is 9.42. The molecule has 4 nitrogen and oxygen atoms in total. The van der Waals surface area contributed by atoms with Gasteiger partial charge in [0, 0.05) is 6.04 Å². The summed E-state index contributed by atoms with van der Waals surface area (Å²) in [5, 5.41) is 3.47. The minimum atomic E-state index is -0.504. The van der Waals surface area contributed by atoms with Gasteiger partial charge in [0.1, 0.15) is 5.54 Å². The van der Waals surface area contributed by atoms with Gasteiger partial charge in [0.2, 0.25) is 0 Å². The molecule has 1 rings (SSSR count). The summed E-state index contributed by atoms with van der Waals surface area (Å²) in [5.41, 5.74) is -0.504. The fourth-order valence-corrected chi connectivity index (χ4v) is 2.92. The average molecular weight is 298 g/mol. The summed E-state index contributed by atoms with van der Waals surface area (Å²) in [7, 11) is 1.49. The predicted molar refractivity (Wildman–Crippen MR) is 87.5 cm³/mol. The Morgan fingerprint density at radius 2 is 1.81 bits per heavy atom. The smallest absolute Gasteiger partial charge is 0.325 e. The van der Waals surface area contributed by atoms with Crippen LogP contribution in [0.1, 0.15) is 65.7 Å². The van der Waals surface area contributed by atoms with Crippen LogP contribution in [0.3, 0.4) is 0 Å². The minimum absolute atomic E-state index is 0.117. The quantitative estimate of drug-likeness (QED) is 0.444. The summed E-state index contributed by atoms with van der Waals surface area (Å²) in [6, 6.07) is 0.519. The molecule has 1 aliphatic rings. The first-order chi connectivity index (χ1) is 10.1. The number of methoxy groups -OCH3 is 1. The van der Waals surface area contributed by atoms with Gasteiger partial charge >= 0.3 is 5.97 Å². The van der Waals surface area contributed by atoms with Gasteiger partial charge in [0.25, 0.3) is 0 Å². The molecule has 0 amide bonds. The molecule has 124 valence electrons. The Balaban J connectivity index is 2.33. The van der Waals surface area contributed by atoms with Crippen molar-refractivity contribution in [3.8, 4) is 0 Å². The Labute approximate surface area is 130 Å². The zero-order chi connectivity index (χ0) is 15.7. The van der Waals surface area contributed by atoms with Crippen molar-refractivity contribution in [2.45, 2.75) is 77.3 Å². The Morgan fingerprint density at radius 3 is 2.29 bits per heavy atom. The van der Waals surface area contributed by atoms with Crippen LogP contribution in [0.15, 0.2) is 0 Å². The molecular formula is C17H34N2O2. The van der Waals surface area contributed by atoms with E-state index in [2.05, 4.69) is 24.1 Å². The molecule has 1 atom stereocenters. The van der Waals surface area contributed by atoms with Crippen LogP contribution in [0.5, 0.6) is 0 Å². The number of rotatable bonds is 12. The maximum Gasteiger partial charge on any atom is 0.325 e. The Morgan fingerprint density at radius 1 is 1.19 bits per heavy atom. The number of nitrogens with one attached hydrogen (secondary N) is 1. The first kappa shape index (κ1) is 18.4. The molecule has 1 aliphatic carbocycles. The molecule has 1 N–H and O–H groups in total. The molecule has 0 saturated heterocycles. The van der Waals surface area contributed by atoms with E-state index in [-0.39, 0.29) is 5.97 Å². The molecule has 21 heavy (non-hydrogen) atoms. The standard InChI is InChI=1S/C17H34N2O2/c1-5-12-19(13-6-2)14-8-7-11-17(3,16(20)21-4)18-15-9-10-15/h15,18H,5-14H2,1-4H3. The molecule has 0 radical (unpaired) electrons. The first-order valence-corrected chi connectivity index (χ1v) is 8.64. The lowest BCUT2D eigenvalue weighted by atomic mass is 9.94. The van der Waals surface area contributed by atoms with Gasteiger partial charge in [-0.15, -0.1) is 0 Å². The van der Waals surface area contributed by atoms with E-state index >= 15 is 0 Å². The SMILES string of the molecule is CCCN(CCC)CCCCC(C)(NC1CC1)C(=O)OC. The highest BCUT2D eigenvalue weighted by molar-refractivity contribution is 5.80. The number of unbranched alkanes of at least 4 members (excludes halogenated alkanes) is 1. The normalized spacial score (nSPS) is 17.8. The molecule has 0 aromatic heterocycles. The second-order valence-electron chi connectivity index (χ2n) is 6.54. The first-order valence-electron chi connectivity index (χ1n) is 8.64. The Bertz CT molecular complexity index is 299. The fraction of sp³-hybridized carbons (Fsp3) is 0.941. The third-order valence-electron chi connectivity index (χ3n) is 4.22. The fourth-order valence-electron chi connectivity index (χ4n) is 2.92. The van der Waals surface area contributed by atoms with E-state index in [1.807, 2.05) is 6.92 Å². The minimum Gasteiger partial charge on any atom is -0.468 e. The summed E-state index contributed by atoms with van der Waals surface area (Å²) >= 11 is 0. The van der Waals surface area contributed by atoms with Crippen molar-refractivity contribution in [3.63, 3.8) is 0 Å². The molecule has 0 bridgehead atoms. The Kier molecular flexibility index (Phi) is 8.27. The van der Waals surface area contributed by atoms with Crippen LogP contribution in [-0.4, -0.2) is 49.2 Å². The number of hydrogen-bond acceptors (Lipinski definition) is 4. The van der Waals surface area contributed by atoms with Crippen LogP contribution in [0, 0.1) is 0 Å². The van der Waals surface area contributed by atoms with Crippen LogP contribution >= 0.6 is 0 Å². The van der Waals surface area contributed by atoms with Crippen LogP contribution in [0.2, 0.25) is 0 Å². The molecule has 0 aromatic carbocycles. The molecule has 0 aliphatic heterocycles. The summed E-state index contributed by atoms with van der Waals surface area (Å²) in [6.45, 7) is 9.97. The molecule has 1 fully saturated rings. The lowest BCUT2D eigenvalue weighted by Crippen LogP contribution is -2.51. The molecule has 1 saturated carbocycles. The summed E-state index contributed by atoms with van der Waals surface area (Å²) in [6.07, 6.45) is 7.88. The average Bonchev–Trinajstić information content (AvgIpc) is 3.26. The molecular weight excluding hydrogens is 264 g/mol. The lowest BCUT2D eigenvalue weighted by Gasteiger charge is -2.28. The molecule has 0 aromatic rings. The van der Waals surface area contributed by atoms with Crippen molar-refractivity contribution < 1.29 is 9.53 Å². The number of hydrogen-bond donors (Lipinski definition) is 1. The van der Waals surface area contributed by atoms with Crippen molar-refractivity contribution in [1.29, 1.82) is 0 Å². The summed E-state index contributed by atoms with van der Waals surface area (Å²) in [5.74, 6) is -0.117. The monoisotopic (exact) mass is 298 g/mol. The zero-order valence-corrected chi connectivity index (χ0v) is 14.4. The van der Waals surface area contributed by atoms with Gasteiger partial charge in [-0.25, -0.2) is 0 Å². The van der Waals surface area contributed by atoms with Gasteiger partial charge in [-0.2, -0.15) is 0 Å². The molecule has 1 unspecified atom stereocenters. The van der Waals surface area contributed by atoms with E-state index in [1.54, 1.807) is 0 Å². The van der Waals surface area contributed by atoms with Gasteiger partial charge in [-0.1, -0.05) is 13.8 Å². The van der Waals surface area contributed by atoms with E-state index in [9.17, 15) is 4.79 Å². The van der Waals surface area contributed by atoms with Crippen molar-refractivity contribution in [2.24, 2.45) is 0 Å². The van der Waals surface area contributed by atoms with E-state index in [0.29, 0.717) is 6.04 Å². The van der Waals surface area contributed by atoms with E-state index in [1.165, 1.54) is 45.9 Å². The third-order valence-corrected chi connectivity index (χ3v) is 4.22. The van der Waals surface area contributed by atoms with Crippen LogP contribution in [-0.2, 0) is 9.53 Å². The van der Waals surface area contributed by atoms with Crippen LogP contribution in [0.4, 0.5) is 0 Å². The van der Waals surface area contributed by atoms with Gasteiger partial charge in [-0.3, -0.25) is 10.1 Å². The second-order valence-corrected chi connectivity index (χ2v) is 6.54. The maximum atomic E-state index is 12.0. The molecule has 0 spiro atoms. The summed E-state index contributed by atoms with van der Waals surface area (Å²) < 4.78 is 4.99. The number of carbonyl (C=O) groups excluding carboxylic acids is 1. The zero-order valence-electron chi connectivity index (χ0n) is 14.4. The molecule has 0 heterocycles. The molecule has 4 heteroatoms. The predicted octanol–water partition coefficient (Wildman–Crippen LogP) is 2.96. The van der Waals surface area contributed by atoms with Gasteiger partial charge in [0.05, 0.1) is 7.11 Å².